The molecule has 154 valence electrons. The van der Waals surface area contributed by atoms with Gasteiger partial charge in [0.2, 0.25) is 5.91 Å². The van der Waals surface area contributed by atoms with Gasteiger partial charge in [0.05, 0.1) is 12.5 Å². The Labute approximate surface area is 163 Å². The fourth-order valence-electron chi connectivity index (χ4n) is 3.67. The number of rotatable bonds is 4. The first-order valence-electron chi connectivity index (χ1n) is 9.09. The van der Waals surface area contributed by atoms with Crippen molar-refractivity contribution in [3.05, 3.63) is 42.0 Å². The second kappa shape index (κ2) is 7.45. The van der Waals surface area contributed by atoms with E-state index in [2.05, 4.69) is 20.3 Å². The van der Waals surface area contributed by atoms with Gasteiger partial charge in [-0.15, -0.1) is 0 Å². The number of fused-ring (bicyclic) bond motifs is 1. The van der Waals surface area contributed by atoms with Crippen LogP contribution in [0.3, 0.4) is 0 Å². The van der Waals surface area contributed by atoms with Gasteiger partial charge in [-0.05, 0) is 12.1 Å². The van der Waals surface area contributed by atoms with E-state index in [0.29, 0.717) is 18.2 Å². The summed E-state index contributed by atoms with van der Waals surface area (Å²) in [5.41, 5.74) is 0.925. The van der Waals surface area contributed by atoms with Crippen molar-refractivity contribution < 1.29 is 22.4 Å². The topological polar surface area (TPSA) is 83.0 Å². The molecule has 3 atom stereocenters. The van der Waals surface area contributed by atoms with Crippen molar-refractivity contribution in [3.63, 3.8) is 0 Å². The monoisotopic (exact) mass is 410 g/mol. The standard InChI is InChI=1S/C18H18F4N6O/c19-10-6-13(17(29)26-9-18(20,21)22)28(8-10)14-3-5-24-16(27-14)12-7-25-15-11(12)2-1-4-23-15/h1-5,10,12-13H,6-9H2,(H,23,25)(H,26,29)/t10-,12?,13+/m0/s1. The SMILES string of the molecule is O=C(NCC(F)(F)F)[C@H]1C[C@H](F)CN1c1ccnc(C2CNc3ncccc32)n1. The predicted molar refractivity (Wildman–Crippen MR) is 96.3 cm³/mol. The molecule has 0 bridgehead atoms. The molecule has 2 aliphatic rings. The molecule has 0 aromatic carbocycles. The third kappa shape index (κ3) is 4.08. The molecule has 4 heterocycles. The lowest BCUT2D eigenvalue weighted by Gasteiger charge is -2.25. The molecule has 0 radical (unpaired) electrons. The third-order valence-corrected chi connectivity index (χ3v) is 4.97. The first-order valence-corrected chi connectivity index (χ1v) is 9.09. The van der Waals surface area contributed by atoms with E-state index in [1.807, 2.05) is 11.4 Å². The summed E-state index contributed by atoms with van der Waals surface area (Å²) in [5.74, 6) is 0.471. The minimum atomic E-state index is -4.53. The first-order chi connectivity index (χ1) is 13.8. The summed E-state index contributed by atoms with van der Waals surface area (Å²) in [6, 6.07) is 4.17. The van der Waals surface area contributed by atoms with E-state index in [0.717, 1.165) is 11.4 Å². The molecular formula is C18H18F4N6O. The van der Waals surface area contributed by atoms with Crippen LogP contribution in [0.1, 0.15) is 23.7 Å². The van der Waals surface area contributed by atoms with Crippen molar-refractivity contribution in [2.24, 2.45) is 0 Å². The fraction of sp³-hybridized carbons (Fsp3) is 0.444. The normalized spacial score (nSPS) is 23.6. The van der Waals surface area contributed by atoms with E-state index in [4.69, 9.17) is 0 Å². The predicted octanol–water partition coefficient (Wildman–Crippen LogP) is 2.02. The highest BCUT2D eigenvalue weighted by Gasteiger charge is 2.39. The minimum absolute atomic E-state index is 0.123. The van der Waals surface area contributed by atoms with Crippen LogP contribution in [0, 0.1) is 0 Å². The lowest BCUT2D eigenvalue weighted by atomic mass is 10.0. The van der Waals surface area contributed by atoms with Crippen molar-refractivity contribution in [2.75, 3.05) is 29.9 Å². The molecule has 1 fully saturated rings. The molecule has 1 unspecified atom stereocenters. The van der Waals surface area contributed by atoms with E-state index in [1.54, 1.807) is 12.3 Å². The van der Waals surface area contributed by atoms with Gasteiger partial charge in [0.1, 0.15) is 36.2 Å². The summed E-state index contributed by atoms with van der Waals surface area (Å²) >= 11 is 0. The van der Waals surface area contributed by atoms with Crippen LogP contribution in [0.4, 0.5) is 29.2 Å². The average molecular weight is 410 g/mol. The molecule has 7 nitrogen and oxygen atoms in total. The number of hydrogen-bond donors (Lipinski definition) is 2. The van der Waals surface area contributed by atoms with Gasteiger partial charge < -0.3 is 15.5 Å². The van der Waals surface area contributed by atoms with E-state index in [9.17, 15) is 22.4 Å². The van der Waals surface area contributed by atoms with Crippen molar-refractivity contribution >= 4 is 17.5 Å². The number of carbonyl (C=O) groups is 1. The molecule has 2 aromatic rings. The summed E-state index contributed by atoms with van der Waals surface area (Å²) in [4.78, 5) is 26.7. The largest absolute Gasteiger partial charge is 0.405 e. The molecule has 2 N–H and O–H groups in total. The zero-order chi connectivity index (χ0) is 20.6. The molecule has 2 aliphatic heterocycles. The summed E-state index contributed by atoms with van der Waals surface area (Å²) in [6.07, 6.45) is -2.90. The number of carbonyl (C=O) groups excluding carboxylic acids is 1. The van der Waals surface area contributed by atoms with E-state index in [1.165, 1.54) is 17.2 Å². The van der Waals surface area contributed by atoms with Gasteiger partial charge in [0.15, 0.2) is 0 Å². The van der Waals surface area contributed by atoms with Gasteiger partial charge in [0.25, 0.3) is 0 Å². The van der Waals surface area contributed by atoms with Gasteiger partial charge in [-0.3, -0.25) is 4.79 Å². The van der Waals surface area contributed by atoms with Crippen molar-refractivity contribution in [1.82, 2.24) is 20.3 Å². The highest BCUT2D eigenvalue weighted by Crippen LogP contribution is 2.34. The Balaban J connectivity index is 1.56. The molecule has 1 saturated heterocycles. The van der Waals surface area contributed by atoms with Gasteiger partial charge in [-0.25, -0.2) is 19.3 Å². The Morgan fingerprint density at radius 2 is 2.10 bits per heavy atom. The smallest absolute Gasteiger partial charge is 0.369 e. The zero-order valence-electron chi connectivity index (χ0n) is 15.2. The number of hydrogen-bond acceptors (Lipinski definition) is 6. The number of nitrogens with one attached hydrogen (secondary N) is 2. The minimum Gasteiger partial charge on any atom is -0.369 e. The second-order valence-corrected chi connectivity index (χ2v) is 6.98. The van der Waals surface area contributed by atoms with Crippen LogP contribution in [0.15, 0.2) is 30.6 Å². The molecular weight excluding hydrogens is 392 g/mol. The Bertz CT molecular complexity index is 908. The second-order valence-electron chi connectivity index (χ2n) is 6.98. The fourth-order valence-corrected chi connectivity index (χ4v) is 3.67. The Hall–Kier alpha value is -2.98. The molecule has 0 spiro atoms. The maximum atomic E-state index is 14.0. The summed E-state index contributed by atoms with van der Waals surface area (Å²) in [5, 5.41) is 5.00. The molecule has 0 saturated carbocycles. The number of halogens is 4. The highest BCUT2D eigenvalue weighted by molar-refractivity contribution is 5.85. The maximum absolute atomic E-state index is 14.0. The van der Waals surface area contributed by atoms with Crippen LogP contribution in [0.25, 0.3) is 0 Å². The molecule has 2 aromatic heterocycles. The van der Waals surface area contributed by atoms with Gasteiger partial charge in [0, 0.05) is 30.9 Å². The molecule has 0 aliphatic carbocycles. The first kappa shape index (κ1) is 19.3. The van der Waals surface area contributed by atoms with Crippen molar-refractivity contribution in [3.8, 4) is 0 Å². The number of nitrogens with zero attached hydrogens (tertiary/aromatic N) is 4. The maximum Gasteiger partial charge on any atom is 0.405 e. The van der Waals surface area contributed by atoms with E-state index < -0.39 is 30.8 Å². The molecule has 29 heavy (non-hydrogen) atoms. The van der Waals surface area contributed by atoms with Crippen LogP contribution in [0.2, 0.25) is 0 Å². The number of anilines is 2. The van der Waals surface area contributed by atoms with Gasteiger partial charge >= 0.3 is 6.18 Å². The van der Waals surface area contributed by atoms with Crippen LogP contribution in [-0.4, -0.2) is 58.9 Å². The Morgan fingerprint density at radius 3 is 2.90 bits per heavy atom. The average Bonchev–Trinajstić information content (AvgIpc) is 3.29. The quantitative estimate of drug-likeness (QED) is 0.751. The molecule has 11 heteroatoms. The number of alkyl halides is 4. The number of pyridine rings is 1. The van der Waals surface area contributed by atoms with E-state index >= 15 is 0 Å². The molecule has 1 amide bonds. The summed E-state index contributed by atoms with van der Waals surface area (Å²) in [7, 11) is 0. The lowest BCUT2D eigenvalue weighted by Crippen LogP contribution is -2.46. The Morgan fingerprint density at radius 1 is 1.28 bits per heavy atom. The van der Waals surface area contributed by atoms with Crippen molar-refractivity contribution in [2.45, 2.75) is 30.7 Å². The highest BCUT2D eigenvalue weighted by atomic mass is 19.4. The number of aromatic nitrogens is 3. The lowest BCUT2D eigenvalue weighted by molar-refractivity contribution is -0.139. The summed E-state index contributed by atoms with van der Waals surface area (Å²) in [6.45, 7) is -1.04. The third-order valence-electron chi connectivity index (χ3n) is 4.97. The molecule has 4 rings (SSSR count). The number of amides is 1. The van der Waals surface area contributed by atoms with Crippen LogP contribution >= 0.6 is 0 Å². The van der Waals surface area contributed by atoms with Crippen molar-refractivity contribution in [1.29, 1.82) is 0 Å². The zero-order valence-corrected chi connectivity index (χ0v) is 15.2. The van der Waals surface area contributed by atoms with Gasteiger partial charge in [-0.1, -0.05) is 6.07 Å². The van der Waals surface area contributed by atoms with Crippen LogP contribution in [-0.2, 0) is 4.79 Å². The van der Waals surface area contributed by atoms with Crippen LogP contribution < -0.4 is 15.5 Å². The Kier molecular flexibility index (Phi) is 4.97. The van der Waals surface area contributed by atoms with Crippen LogP contribution in [0.5, 0.6) is 0 Å². The summed E-state index contributed by atoms with van der Waals surface area (Å²) < 4.78 is 51.3. The van der Waals surface area contributed by atoms with E-state index in [-0.39, 0.29) is 18.9 Å². The van der Waals surface area contributed by atoms with Gasteiger partial charge in [-0.2, -0.15) is 13.2 Å².